The molecule has 1 heterocycles. The predicted octanol–water partition coefficient (Wildman–Crippen LogP) is 2.94. The fourth-order valence-electron chi connectivity index (χ4n) is 1.95. The molecular weight excluding hydrogens is 301 g/mol. The number of imide groups is 1. The quantitative estimate of drug-likeness (QED) is 0.913. The van der Waals surface area contributed by atoms with E-state index in [0.717, 1.165) is 21.4 Å². The van der Waals surface area contributed by atoms with Gasteiger partial charge in [-0.05, 0) is 24.1 Å². The number of nitrogens with one attached hydrogen (secondary N) is 1. The summed E-state index contributed by atoms with van der Waals surface area (Å²) in [6.07, 6.45) is 2.42. The molecule has 0 aliphatic rings. The third kappa shape index (κ3) is 2.89. The summed E-state index contributed by atoms with van der Waals surface area (Å²) in [5.41, 5.74) is 6.73. The lowest BCUT2D eigenvalue weighted by Gasteiger charge is -2.11. The molecule has 1 aromatic carbocycles. The van der Waals surface area contributed by atoms with Gasteiger partial charge in [0.2, 0.25) is 5.91 Å². The zero-order valence-electron chi connectivity index (χ0n) is 10.7. The highest BCUT2D eigenvalue weighted by molar-refractivity contribution is 6.38. The van der Waals surface area contributed by atoms with E-state index in [2.05, 4.69) is 4.98 Å². The average molecular weight is 314 g/mol. The van der Waals surface area contributed by atoms with Crippen LogP contribution < -0.4 is 5.73 Å². The minimum Gasteiger partial charge on any atom is -0.360 e. The molecule has 7 heteroatoms. The average Bonchev–Trinajstić information content (AvgIpc) is 2.78. The molecule has 2 aromatic rings. The van der Waals surface area contributed by atoms with Crippen molar-refractivity contribution in [2.45, 2.75) is 12.8 Å². The normalized spacial score (nSPS) is 10.8. The van der Waals surface area contributed by atoms with Crippen LogP contribution in [0, 0.1) is 0 Å². The van der Waals surface area contributed by atoms with Gasteiger partial charge in [0.1, 0.15) is 0 Å². The zero-order chi connectivity index (χ0) is 14.9. The predicted molar refractivity (Wildman–Crippen MR) is 79.0 cm³/mol. The maximum atomic E-state index is 11.7. The summed E-state index contributed by atoms with van der Waals surface area (Å²) in [6, 6.07) is 2.68. The van der Waals surface area contributed by atoms with E-state index in [1.54, 1.807) is 18.3 Å². The SMILES string of the molecule is CN(C(N)=O)C(=O)CCc1c[nH]c2c(Cl)cc(Cl)cc12. The van der Waals surface area contributed by atoms with Gasteiger partial charge < -0.3 is 10.7 Å². The Morgan fingerprint density at radius 1 is 1.35 bits per heavy atom. The number of carbonyl (C=O) groups excluding carboxylic acids is 2. The lowest BCUT2D eigenvalue weighted by molar-refractivity contribution is -0.127. The van der Waals surface area contributed by atoms with Crippen molar-refractivity contribution in [2.75, 3.05) is 7.05 Å². The van der Waals surface area contributed by atoms with Crippen LogP contribution in [0.3, 0.4) is 0 Å². The van der Waals surface area contributed by atoms with Crippen molar-refractivity contribution in [3.05, 3.63) is 33.9 Å². The van der Waals surface area contributed by atoms with Gasteiger partial charge >= 0.3 is 6.03 Å². The fourth-order valence-corrected chi connectivity index (χ4v) is 2.50. The molecule has 3 N–H and O–H groups in total. The minimum atomic E-state index is -0.764. The van der Waals surface area contributed by atoms with Crippen LogP contribution in [0.25, 0.3) is 10.9 Å². The molecule has 0 saturated heterocycles. The summed E-state index contributed by atoms with van der Waals surface area (Å²) in [5, 5.41) is 1.93. The molecule has 0 aliphatic heterocycles. The molecule has 0 unspecified atom stereocenters. The number of primary amides is 1. The van der Waals surface area contributed by atoms with Gasteiger partial charge in [-0.1, -0.05) is 23.2 Å². The van der Waals surface area contributed by atoms with E-state index in [9.17, 15) is 9.59 Å². The highest BCUT2D eigenvalue weighted by atomic mass is 35.5. The summed E-state index contributed by atoms with van der Waals surface area (Å²) < 4.78 is 0. The molecule has 20 heavy (non-hydrogen) atoms. The van der Waals surface area contributed by atoms with Gasteiger partial charge in [0.15, 0.2) is 0 Å². The second kappa shape index (κ2) is 5.73. The monoisotopic (exact) mass is 313 g/mol. The number of rotatable bonds is 3. The van der Waals surface area contributed by atoms with Crippen molar-refractivity contribution in [1.82, 2.24) is 9.88 Å². The van der Waals surface area contributed by atoms with Crippen molar-refractivity contribution in [1.29, 1.82) is 0 Å². The first-order valence-corrected chi connectivity index (χ1v) is 6.66. The summed E-state index contributed by atoms with van der Waals surface area (Å²) in [5.74, 6) is -0.333. The number of fused-ring (bicyclic) bond motifs is 1. The highest BCUT2D eigenvalue weighted by Crippen LogP contribution is 2.30. The largest absolute Gasteiger partial charge is 0.360 e. The summed E-state index contributed by atoms with van der Waals surface area (Å²) >= 11 is 12.1. The van der Waals surface area contributed by atoms with Crippen LogP contribution in [-0.2, 0) is 11.2 Å². The van der Waals surface area contributed by atoms with Gasteiger partial charge in [-0.25, -0.2) is 4.79 Å². The highest BCUT2D eigenvalue weighted by Gasteiger charge is 2.15. The van der Waals surface area contributed by atoms with Crippen molar-refractivity contribution in [3.8, 4) is 0 Å². The Morgan fingerprint density at radius 3 is 2.70 bits per heavy atom. The van der Waals surface area contributed by atoms with Crippen LogP contribution in [0.15, 0.2) is 18.3 Å². The minimum absolute atomic E-state index is 0.177. The maximum absolute atomic E-state index is 11.7. The lowest BCUT2D eigenvalue weighted by Crippen LogP contribution is -2.37. The Hall–Kier alpha value is -1.72. The lowest BCUT2D eigenvalue weighted by atomic mass is 10.1. The number of aryl methyl sites for hydroxylation is 1. The number of hydrogen-bond acceptors (Lipinski definition) is 2. The number of aromatic nitrogens is 1. The zero-order valence-corrected chi connectivity index (χ0v) is 12.3. The van der Waals surface area contributed by atoms with Gasteiger partial charge in [-0.2, -0.15) is 0 Å². The smallest absolute Gasteiger partial charge is 0.321 e. The van der Waals surface area contributed by atoms with Gasteiger partial charge in [0.25, 0.3) is 0 Å². The van der Waals surface area contributed by atoms with E-state index in [1.807, 2.05) is 0 Å². The number of H-pyrrole nitrogens is 1. The second-order valence-corrected chi connectivity index (χ2v) is 5.26. The number of nitrogens with zero attached hydrogens (tertiary/aromatic N) is 1. The van der Waals surface area contributed by atoms with Crippen molar-refractivity contribution < 1.29 is 9.59 Å². The van der Waals surface area contributed by atoms with Gasteiger partial charge in [0.05, 0.1) is 10.5 Å². The molecule has 0 bridgehead atoms. The van der Waals surface area contributed by atoms with Gasteiger partial charge in [0, 0.05) is 30.1 Å². The van der Waals surface area contributed by atoms with Crippen LogP contribution in [0.2, 0.25) is 10.0 Å². The molecule has 0 aliphatic carbocycles. The summed E-state index contributed by atoms with van der Waals surface area (Å²) in [6.45, 7) is 0. The molecule has 0 spiro atoms. The Bertz CT molecular complexity index is 682. The number of aromatic amines is 1. The van der Waals surface area contributed by atoms with Gasteiger partial charge in [-0.15, -0.1) is 0 Å². The van der Waals surface area contributed by atoms with E-state index >= 15 is 0 Å². The van der Waals surface area contributed by atoms with Crippen molar-refractivity contribution in [2.24, 2.45) is 5.73 Å². The number of halogens is 2. The van der Waals surface area contributed by atoms with E-state index in [4.69, 9.17) is 28.9 Å². The van der Waals surface area contributed by atoms with Crippen molar-refractivity contribution >= 4 is 46.0 Å². The molecule has 5 nitrogen and oxygen atoms in total. The van der Waals surface area contributed by atoms with Crippen LogP contribution in [0.4, 0.5) is 4.79 Å². The molecule has 3 amide bonds. The van der Waals surface area contributed by atoms with Crippen LogP contribution in [0.5, 0.6) is 0 Å². The second-order valence-electron chi connectivity index (χ2n) is 4.42. The number of hydrogen-bond donors (Lipinski definition) is 2. The third-order valence-corrected chi connectivity index (χ3v) is 3.62. The van der Waals surface area contributed by atoms with E-state index in [1.165, 1.54) is 7.05 Å². The summed E-state index contributed by atoms with van der Waals surface area (Å²) in [7, 11) is 1.35. The molecular formula is C13H13Cl2N3O2. The number of benzene rings is 1. The van der Waals surface area contributed by atoms with Crippen LogP contribution >= 0.6 is 23.2 Å². The van der Waals surface area contributed by atoms with Crippen LogP contribution in [-0.4, -0.2) is 28.9 Å². The Balaban J connectivity index is 2.19. The molecule has 106 valence electrons. The first-order valence-electron chi connectivity index (χ1n) is 5.91. The van der Waals surface area contributed by atoms with E-state index < -0.39 is 6.03 Å². The van der Waals surface area contributed by atoms with Crippen molar-refractivity contribution in [3.63, 3.8) is 0 Å². The molecule has 0 atom stereocenters. The van der Waals surface area contributed by atoms with Crippen LogP contribution in [0.1, 0.15) is 12.0 Å². The number of nitrogens with two attached hydrogens (primary N) is 1. The molecule has 0 fully saturated rings. The maximum Gasteiger partial charge on any atom is 0.321 e. The fraction of sp³-hybridized carbons (Fsp3) is 0.231. The first kappa shape index (κ1) is 14.7. The van der Waals surface area contributed by atoms with Gasteiger partial charge in [-0.3, -0.25) is 9.69 Å². The Morgan fingerprint density at radius 2 is 2.05 bits per heavy atom. The Kier molecular flexibility index (Phi) is 4.20. The van der Waals surface area contributed by atoms with E-state index in [-0.39, 0.29) is 12.3 Å². The summed E-state index contributed by atoms with van der Waals surface area (Å²) in [4.78, 5) is 26.6. The first-order chi connectivity index (χ1) is 9.40. The molecule has 0 saturated carbocycles. The number of carbonyl (C=O) groups is 2. The van der Waals surface area contributed by atoms with E-state index in [0.29, 0.717) is 16.5 Å². The number of urea groups is 1. The number of amides is 3. The topological polar surface area (TPSA) is 79.2 Å². The molecule has 2 rings (SSSR count). The molecule has 0 radical (unpaired) electrons. The third-order valence-electron chi connectivity index (χ3n) is 3.10. The molecule has 1 aromatic heterocycles. The Labute approximate surface area is 125 Å². The standard InChI is InChI=1S/C13H13Cl2N3O2/c1-18(13(16)20)11(19)3-2-7-6-17-12-9(7)4-8(14)5-10(12)15/h4-6,17H,2-3H2,1H3,(H2,16,20).